The summed E-state index contributed by atoms with van der Waals surface area (Å²) >= 11 is 0. The summed E-state index contributed by atoms with van der Waals surface area (Å²) in [6, 6.07) is 14.2. The number of pyridine rings is 1. The monoisotopic (exact) mass is 308 g/mol. The van der Waals surface area contributed by atoms with Crippen LogP contribution in [0.3, 0.4) is 0 Å². The number of aromatic nitrogens is 3. The van der Waals surface area contributed by atoms with Crippen molar-refractivity contribution in [3.8, 4) is 5.69 Å². The number of para-hydroxylation sites is 2. The van der Waals surface area contributed by atoms with Gasteiger partial charge in [-0.2, -0.15) is 5.10 Å². The van der Waals surface area contributed by atoms with E-state index in [0.717, 1.165) is 5.69 Å². The summed E-state index contributed by atoms with van der Waals surface area (Å²) in [5, 5.41) is 7.05. The minimum Gasteiger partial charge on any atom is -0.324 e. The molecule has 1 aromatic carbocycles. The second kappa shape index (κ2) is 6.74. The standard InChI is InChI=1S/C17H16N4O2/c22-16(9-13-20-11-4-3-8-17(20)23)19-14-6-1-2-7-15(14)21-12-5-10-18-21/h1-8,10-12H,9,13H2,(H,19,22). The van der Waals surface area contributed by atoms with Crippen molar-refractivity contribution in [1.82, 2.24) is 14.3 Å². The quantitative estimate of drug-likeness (QED) is 0.784. The fraction of sp³-hybridized carbons (Fsp3) is 0.118. The van der Waals surface area contributed by atoms with E-state index < -0.39 is 0 Å². The molecule has 0 spiro atoms. The molecule has 1 N–H and O–H groups in total. The second-order valence-corrected chi connectivity index (χ2v) is 5.00. The van der Waals surface area contributed by atoms with Crippen LogP contribution in [0.2, 0.25) is 0 Å². The molecule has 0 aliphatic rings. The molecule has 0 saturated carbocycles. The summed E-state index contributed by atoms with van der Waals surface area (Å²) in [6.45, 7) is 0.343. The predicted molar refractivity (Wildman–Crippen MR) is 87.5 cm³/mol. The van der Waals surface area contributed by atoms with Crippen molar-refractivity contribution < 1.29 is 4.79 Å². The molecule has 0 radical (unpaired) electrons. The summed E-state index contributed by atoms with van der Waals surface area (Å²) < 4.78 is 3.20. The first kappa shape index (κ1) is 14.8. The van der Waals surface area contributed by atoms with Crippen LogP contribution in [0, 0.1) is 0 Å². The Balaban J connectivity index is 1.69. The van der Waals surface area contributed by atoms with Gasteiger partial charge in [0.15, 0.2) is 0 Å². The SMILES string of the molecule is O=C(CCn1ccccc1=O)Nc1ccccc1-n1cccn1. The van der Waals surface area contributed by atoms with Gasteiger partial charge in [-0.3, -0.25) is 9.59 Å². The fourth-order valence-electron chi connectivity index (χ4n) is 2.27. The molecule has 0 aliphatic carbocycles. The van der Waals surface area contributed by atoms with Crippen molar-refractivity contribution in [2.75, 3.05) is 5.32 Å². The molecule has 2 heterocycles. The molecular weight excluding hydrogens is 292 g/mol. The Labute approximate surface area is 133 Å². The Morgan fingerprint density at radius 2 is 1.87 bits per heavy atom. The van der Waals surface area contributed by atoms with Gasteiger partial charge in [-0.15, -0.1) is 0 Å². The Morgan fingerprint density at radius 3 is 2.65 bits per heavy atom. The number of anilines is 1. The van der Waals surface area contributed by atoms with E-state index in [1.165, 1.54) is 10.6 Å². The van der Waals surface area contributed by atoms with E-state index in [1.807, 2.05) is 36.5 Å². The average molecular weight is 308 g/mol. The van der Waals surface area contributed by atoms with Crippen molar-refractivity contribution in [2.24, 2.45) is 0 Å². The number of nitrogens with one attached hydrogen (secondary N) is 1. The minimum atomic E-state index is -0.152. The Morgan fingerprint density at radius 1 is 1.04 bits per heavy atom. The normalized spacial score (nSPS) is 10.4. The summed E-state index contributed by atoms with van der Waals surface area (Å²) in [7, 11) is 0. The average Bonchev–Trinajstić information content (AvgIpc) is 3.09. The Hall–Kier alpha value is -3.15. The van der Waals surface area contributed by atoms with Gasteiger partial charge in [-0.1, -0.05) is 18.2 Å². The molecule has 0 atom stereocenters. The lowest BCUT2D eigenvalue weighted by Gasteiger charge is -2.11. The van der Waals surface area contributed by atoms with E-state index >= 15 is 0 Å². The van der Waals surface area contributed by atoms with Gasteiger partial charge in [0.25, 0.3) is 5.56 Å². The zero-order valence-corrected chi connectivity index (χ0v) is 12.4. The number of benzene rings is 1. The summed E-state index contributed by atoms with van der Waals surface area (Å²) in [5.74, 6) is -0.152. The van der Waals surface area contributed by atoms with Crippen LogP contribution in [-0.4, -0.2) is 20.3 Å². The highest BCUT2D eigenvalue weighted by Gasteiger charge is 2.08. The molecule has 23 heavy (non-hydrogen) atoms. The number of hydrogen-bond donors (Lipinski definition) is 1. The van der Waals surface area contributed by atoms with Crippen molar-refractivity contribution >= 4 is 11.6 Å². The van der Waals surface area contributed by atoms with Crippen LogP contribution in [0.1, 0.15) is 6.42 Å². The number of aryl methyl sites for hydroxylation is 1. The lowest BCUT2D eigenvalue weighted by molar-refractivity contribution is -0.116. The van der Waals surface area contributed by atoms with Crippen molar-refractivity contribution in [2.45, 2.75) is 13.0 Å². The molecule has 2 aromatic heterocycles. The van der Waals surface area contributed by atoms with Crippen molar-refractivity contribution in [1.29, 1.82) is 0 Å². The number of hydrogen-bond acceptors (Lipinski definition) is 3. The van der Waals surface area contributed by atoms with Crippen LogP contribution in [0.5, 0.6) is 0 Å². The molecular formula is C17H16N4O2. The van der Waals surface area contributed by atoms with E-state index in [4.69, 9.17) is 0 Å². The highest BCUT2D eigenvalue weighted by Crippen LogP contribution is 2.19. The number of carbonyl (C=O) groups excluding carboxylic acids is 1. The first-order valence-corrected chi connectivity index (χ1v) is 7.28. The molecule has 0 saturated heterocycles. The molecule has 0 fully saturated rings. The number of nitrogens with zero attached hydrogens (tertiary/aromatic N) is 3. The number of rotatable bonds is 5. The van der Waals surface area contributed by atoms with Gasteiger partial charge in [0.05, 0.1) is 11.4 Å². The molecule has 1 amide bonds. The molecule has 0 aliphatic heterocycles. The third-order valence-electron chi connectivity index (χ3n) is 3.41. The summed E-state index contributed by atoms with van der Waals surface area (Å²) in [6.07, 6.45) is 5.39. The van der Waals surface area contributed by atoms with E-state index in [9.17, 15) is 9.59 Å². The van der Waals surface area contributed by atoms with Crippen molar-refractivity contribution in [3.05, 3.63) is 77.5 Å². The van der Waals surface area contributed by atoms with Gasteiger partial charge >= 0.3 is 0 Å². The van der Waals surface area contributed by atoms with Gasteiger partial charge < -0.3 is 9.88 Å². The lowest BCUT2D eigenvalue weighted by Crippen LogP contribution is -2.22. The van der Waals surface area contributed by atoms with Crippen LogP contribution < -0.4 is 10.9 Å². The topological polar surface area (TPSA) is 68.9 Å². The maximum Gasteiger partial charge on any atom is 0.250 e. The number of amides is 1. The molecule has 0 unspecified atom stereocenters. The maximum atomic E-state index is 12.2. The van der Waals surface area contributed by atoms with Crippen LogP contribution in [-0.2, 0) is 11.3 Å². The number of carbonyl (C=O) groups is 1. The zero-order chi connectivity index (χ0) is 16.1. The van der Waals surface area contributed by atoms with Gasteiger partial charge in [-0.25, -0.2) is 4.68 Å². The molecule has 3 rings (SSSR count). The smallest absolute Gasteiger partial charge is 0.250 e. The predicted octanol–water partition coefficient (Wildman–Crippen LogP) is 2.06. The fourth-order valence-corrected chi connectivity index (χ4v) is 2.27. The van der Waals surface area contributed by atoms with Gasteiger partial charge in [0, 0.05) is 37.6 Å². The Kier molecular flexibility index (Phi) is 4.33. The summed E-state index contributed by atoms with van der Waals surface area (Å²) in [5.41, 5.74) is 1.36. The van der Waals surface area contributed by atoms with Gasteiger partial charge in [0.2, 0.25) is 5.91 Å². The van der Waals surface area contributed by atoms with E-state index in [1.54, 1.807) is 29.2 Å². The molecule has 0 bridgehead atoms. The minimum absolute atomic E-state index is 0.114. The van der Waals surface area contributed by atoms with Crippen LogP contribution in [0.15, 0.2) is 71.9 Å². The largest absolute Gasteiger partial charge is 0.324 e. The van der Waals surface area contributed by atoms with Crippen LogP contribution in [0.25, 0.3) is 5.69 Å². The van der Waals surface area contributed by atoms with E-state index in [2.05, 4.69) is 10.4 Å². The van der Waals surface area contributed by atoms with Crippen molar-refractivity contribution in [3.63, 3.8) is 0 Å². The molecule has 3 aromatic rings. The maximum absolute atomic E-state index is 12.2. The lowest BCUT2D eigenvalue weighted by atomic mass is 10.2. The van der Waals surface area contributed by atoms with Crippen LogP contribution >= 0.6 is 0 Å². The van der Waals surface area contributed by atoms with E-state index in [0.29, 0.717) is 12.2 Å². The first-order valence-electron chi connectivity index (χ1n) is 7.28. The third kappa shape index (κ3) is 3.55. The van der Waals surface area contributed by atoms with Crippen LogP contribution in [0.4, 0.5) is 5.69 Å². The molecule has 6 nitrogen and oxygen atoms in total. The highest BCUT2D eigenvalue weighted by molar-refractivity contribution is 5.92. The highest BCUT2D eigenvalue weighted by atomic mass is 16.1. The van der Waals surface area contributed by atoms with E-state index in [-0.39, 0.29) is 17.9 Å². The molecule has 6 heteroatoms. The second-order valence-electron chi connectivity index (χ2n) is 5.00. The third-order valence-corrected chi connectivity index (χ3v) is 3.41. The van der Waals surface area contributed by atoms with Gasteiger partial charge in [-0.05, 0) is 24.3 Å². The molecule has 116 valence electrons. The summed E-state index contributed by atoms with van der Waals surface area (Å²) in [4.78, 5) is 23.8. The zero-order valence-electron chi connectivity index (χ0n) is 12.4. The Bertz CT molecular complexity index is 853. The first-order chi connectivity index (χ1) is 11.2. The van der Waals surface area contributed by atoms with Gasteiger partial charge in [0.1, 0.15) is 0 Å².